The summed E-state index contributed by atoms with van der Waals surface area (Å²) in [5.74, 6) is -1.09. The maximum absolute atomic E-state index is 13.1. The number of carboxylic acids is 1. The predicted octanol–water partition coefficient (Wildman–Crippen LogP) is 3.27. The molecule has 1 fully saturated rings. The van der Waals surface area contributed by atoms with Crippen LogP contribution >= 0.6 is 0 Å². The van der Waals surface area contributed by atoms with Crippen molar-refractivity contribution < 1.29 is 14.7 Å². The van der Waals surface area contributed by atoms with Crippen LogP contribution in [0.3, 0.4) is 0 Å². The van der Waals surface area contributed by atoms with Gasteiger partial charge in [-0.2, -0.15) is 0 Å². The van der Waals surface area contributed by atoms with Crippen molar-refractivity contribution in [3.63, 3.8) is 0 Å². The van der Waals surface area contributed by atoms with Gasteiger partial charge in [0.1, 0.15) is 0 Å². The lowest BCUT2D eigenvalue weighted by Crippen LogP contribution is -2.42. The van der Waals surface area contributed by atoms with Crippen molar-refractivity contribution in [3.8, 4) is 5.69 Å². The van der Waals surface area contributed by atoms with Crippen LogP contribution in [0, 0.1) is 11.3 Å². The number of rotatable bonds is 6. The maximum atomic E-state index is 13.1. The van der Waals surface area contributed by atoms with Gasteiger partial charge in [0.05, 0.1) is 29.9 Å². The third-order valence-electron chi connectivity index (χ3n) is 5.33. The van der Waals surface area contributed by atoms with Gasteiger partial charge in [-0.15, -0.1) is 5.10 Å². The molecule has 0 aliphatic heterocycles. The van der Waals surface area contributed by atoms with E-state index in [4.69, 9.17) is 0 Å². The monoisotopic (exact) mass is 356 g/mol. The number of hydrogen-bond acceptors (Lipinski definition) is 4. The van der Waals surface area contributed by atoms with Gasteiger partial charge in [0.25, 0.3) is 0 Å². The van der Waals surface area contributed by atoms with Crippen LogP contribution in [0.1, 0.15) is 45.4 Å². The molecule has 1 amide bonds. The largest absolute Gasteiger partial charge is 0.481 e. The van der Waals surface area contributed by atoms with Gasteiger partial charge in [-0.05, 0) is 43.9 Å². The molecule has 2 aromatic rings. The van der Waals surface area contributed by atoms with Gasteiger partial charge in [0.15, 0.2) is 0 Å². The molecule has 1 aromatic carbocycles. The smallest absolute Gasteiger partial charge is 0.304 e. The summed E-state index contributed by atoms with van der Waals surface area (Å²) in [7, 11) is 0. The first-order valence-electron chi connectivity index (χ1n) is 8.99. The number of carboxylic acid groups (broad SMARTS) is 1. The number of amides is 1. The summed E-state index contributed by atoms with van der Waals surface area (Å²) in [4.78, 5) is 24.5. The summed E-state index contributed by atoms with van der Waals surface area (Å²) < 4.78 is 1.60. The molecule has 0 saturated heterocycles. The number of aromatic nitrogens is 3. The highest BCUT2D eigenvalue weighted by molar-refractivity contribution is 5.97. The predicted molar refractivity (Wildman–Crippen MR) is 96.9 cm³/mol. The fourth-order valence-corrected chi connectivity index (χ4v) is 3.81. The molecular formula is C19H24N4O3. The molecule has 1 aromatic heterocycles. The van der Waals surface area contributed by atoms with Crippen molar-refractivity contribution in [2.75, 3.05) is 5.32 Å². The van der Waals surface area contributed by atoms with Crippen molar-refractivity contribution in [2.24, 2.45) is 11.3 Å². The Balaban J connectivity index is 1.81. The Bertz CT molecular complexity index is 769. The average molecular weight is 356 g/mol. The molecule has 0 bridgehead atoms. The number of nitrogens with zero attached hydrogens (tertiary/aromatic N) is 3. The van der Waals surface area contributed by atoms with Crippen LogP contribution in [0.2, 0.25) is 0 Å². The van der Waals surface area contributed by atoms with Gasteiger partial charge in [0, 0.05) is 5.69 Å². The summed E-state index contributed by atoms with van der Waals surface area (Å²) >= 11 is 0. The normalized spacial score (nSPS) is 17.4. The Morgan fingerprint density at radius 1 is 1.31 bits per heavy atom. The standard InChI is InChI=1S/C19H24N4O3/c1-19(13-17(24)25,14-6-3-2-4-7-14)18(26)21-15-8-5-9-16(12-15)23-11-10-20-22-23/h5,8-12,14H,2-4,6-7,13H2,1H3,(H,21,26)(H,24,25). The van der Waals surface area contributed by atoms with E-state index in [1.165, 1.54) is 0 Å². The van der Waals surface area contributed by atoms with Gasteiger partial charge in [-0.3, -0.25) is 9.59 Å². The Labute approximate surface area is 152 Å². The van der Waals surface area contributed by atoms with Crippen molar-refractivity contribution in [1.29, 1.82) is 0 Å². The molecule has 1 aliphatic carbocycles. The molecular weight excluding hydrogens is 332 g/mol. The van der Waals surface area contributed by atoms with E-state index in [9.17, 15) is 14.7 Å². The summed E-state index contributed by atoms with van der Waals surface area (Å²) in [5.41, 5.74) is 0.475. The Morgan fingerprint density at radius 3 is 2.73 bits per heavy atom. The second kappa shape index (κ2) is 7.68. The number of aliphatic carboxylic acids is 1. The zero-order chi connectivity index (χ0) is 18.6. The molecule has 3 rings (SSSR count). The third kappa shape index (κ3) is 3.92. The van der Waals surface area contributed by atoms with Crippen LogP contribution < -0.4 is 5.32 Å². The molecule has 7 nitrogen and oxygen atoms in total. The van der Waals surface area contributed by atoms with Crippen molar-refractivity contribution in [1.82, 2.24) is 15.0 Å². The highest BCUT2D eigenvalue weighted by Crippen LogP contribution is 2.42. The zero-order valence-electron chi connectivity index (χ0n) is 14.9. The van der Waals surface area contributed by atoms with E-state index >= 15 is 0 Å². The number of carbonyl (C=O) groups is 2. The number of anilines is 1. The van der Waals surface area contributed by atoms with Crippen molar-refractivity contribution >= 4 is 17.6 Å². The Morgan fingerprint density at radius 2 is 2.08 bits per heavy atom. The summed E-state index contributed by atoms with van der Waals surface area (Å²) in [5, 5.41) is 20.0. The van der Waals surface area contributed by atoms with Crippen LogP contribution in [0.15, 0.2) is 36.7 Å². The minimum Gasteiger partial charge on any atom is -0.481 e. The van der Waals surface area contributed by atoms with Gasteiger partial charge >= 0.3 is 5.97 Å². The number of carbonyl (C=O) groups excluding carboxylic acids is 1. The molecule has 0 spiro atoms. The molecule has 1 aliphatic rings. The Hall–Kier alpha value is -2.70. The van der Waals surface area contributed by atoms with Crippen LogP contribution in [0.5, 0.6) is 0 Å². The molecule has 1 unspecified atom stereocenters. The molecule has 138 valence electrons. The SMILES string of the molecule is CC(CC(=O)O)(C(=O)Nc1cccc(-n2ccnn2)c1)C1CCCCC1. The number of nitrogens with one attached hydrogen (secondary N) is 1. The third-order valence-corrected chi connectivity index (χ3v) is 5.33. The lowest BCUT2D eigenvalue weighted by molar-refractivity contribution is -0.145. The van der Waals surface area contributed by atoms with Crippen molar-refractivity contribution in [2.45, 2.75) is 45.4 Å². The van der Waals surface area contributed by atoms with Gasteiger partial charge in [0.2, 0.25) is 5.91 Å². The van der Waals surface area contributed by atoms with E-state index in [0.717, 1.165) is 37.8 Å². The van der Waals surface area contributed by atoms with Crippen molar-refractivity contribution in [3.05, 3.63) is 36.7 Å². The second-order valence-electron chi connectivity index (χ2n) is 7.17. The van der Waals surface area contributed by atoms with Crippen LogP contribution in [-0.4, -0.2) is 32.0 Å². The fourth-order valence-electron chi connectivity index (χ4n) is 3.81. The average Bonchev–Trinajstić information content (AvgIpc) is 3.17. The molecule has 7 heteroatoms. The van der Waals surface area contributed by atoms with Gasteiger partial charge in [-0.1, -0.05) is 30.5 Å². The van der Waals surface area contributed by atoms with E-state index < -0.39 is 11.4 Å². The van der Waals surface area contributed by atoms with E-state index in [1.54, 1.807) is 36.1 Å². The topological polar surface area (TPSA) is 97.1 Å². The lowest BCUT2D eigenvalue weighted by Gasteiger charge is -2.37. The van der Waals surface area contributed by atoms with Crippen LogP contribution in [-0.2, 0) is 9.59 Å². The fraction of sp³-hybridized carbons (Fsp3) is 0.474. The minimum atomic E-state index is -0.940. The van der Waals surface area contributed by atoms with E-state index in [1.807, 2.05) is 12.1 Å². The first-order chi connectivity index (χ1) is 12.5. The van der Waals surface area contributed by atoms with Gasteiger partial charge < -0.3 is 10.4 Å². The van der Waals surface area contributed by atoms with Crippen LogP contribution in [0.25, 0.3) is 5.69 Å². The number of benzene rings is 1. The van der Waals surface area contributed by atoms with Gasteiger partial charge in [-0.25, -0.2) is 4.68 Å². The zero-order valence-corrected chi connectivity index (χ0v) is 14.9. The molecule has 2 N–H and O–H groups in total. The maximum Gasteiger partial charge on any atom is 0.304 e. The number of hydrogen-bond donors (Lipinski definition) is 2. The molecule has 1 saturated carbocycles. The highest BCUT2D eigenvalue weighted by atomic mass is 16.4. The summed E-state index contributed by atoms with van der Waals surface area (Å²) in [6, 6.07) is 7.28. The first kappa shape index (κ1) is 18.1. The van der Waals surface area contributed by atoms with E-state index in [0.29, 0.717) is 5.69 Å². The quantitative estimate of drug-likeness (QED) is 0.828. The van der Waals surface area contributed by atoms with E-state index in [2.05, 4.69) is 15.6 Å². The molecule has 26 heavy (non-hydrogen) atoms. The lowest BCUT2D eigenvalue weighted by atomic mass is 9.67. The first-order valence-corrected chi connectivity index (χ1v) is 8.99. The summed E-state index contributed by atoms with van der Waals surface area (Å²) in [6.07, 6.45) is 8.19. The highest BCUT2D eigenvalue weighted by Gasteiger charge is 2.43. The molecule has 0 radical (unpaired) electrons. The van der Waals surface area contributed by atoms with E-state index in [-0.39, 0.29) is 18.2 Å². The second-order valence-corrected chi connectivity index (χ2v) is 7.17. The molecule has 1 atom stereocenters. The molecule has 1 heterocycles. The Kier molecular flexibility index (Phi) is 5.35. The summed E-state index contributed by atoms with van der Waals surface area (Å²) in [6.45, 7) is 1.79. The van der Waals surface area contributed by atoms with Crippen LogP contribution in [0.4, 0.5) is 5.69 Å². The minimum absolute atomic E-state index is 0.0887.